The molecule has 5 nitrogen and oxygen atoms in total. The number of hydrogen-bond donors (Lipinski definition) is 3. The van der Waals surface area contributed by atoms with Gasteiger partial charge in [-0.1, -0.05) is 17.7 Å². The highest BCUT2D eigenvalue weighted by Gasteiger charge is 2.09. The molecule has 3 N–H and O–H groups in total. The Balaban J connectivity index is 1.91. The van der Waals surface area contributed by atoms with Crippen molar-refractivity contribution in [3.05, 3.63) is 52.8 Å². The van der Waals surface area contributed by atoms with Gasteiger partial charge in [-0.05, 0) is 30.2 Å². The molecule has 0 saturated heterocycles. The summed E-state index contributed by atoms with van der Waals surface area (Å²) in [4.78, 5) is 15.7. The number of aromatic nitrogens is 1. The van der Waals surface area contributed by atoms with Crippen LogP contribution in [0.4, 0.5) is 0 Å². The molecule has 104 valence electrons. The second-order valence-corrected chi connectivity index (χ2v) is 4.59. The summed E-state index contributed by atoms with van der Waals surface area (Å²) in [6.07, 6.45) is 3.44. The first-order valence-electron chi connectivity index (χ1n) is 5.96. The van der Waals surface area contributed by atoms with Gasteiger partial charge in [0.05, 0.1) is 10.6 Å². The van der Waals surface area contributed by atoms with Crippen molar-refractivity contribution in [2.75, 3.05) is 6.54 Å². The molecular weight excluding hydrogens is 280 g/mol. The highest BCUT2D eigenvalue weighted by atomic mass is 35.5. The van der Waals surface area contributed by atoms with Crippen molar-refractivity contribution in [2.45, 2.75) is 6.42 Å². The maximum atomic E-state index is 11.9. The molecule has 0 aliphatic rings. The van der Waals surface area contributed by atoms with Crippen LogP contribution in [0.25, 0.3) is 0 Å². The van der Waals surface area contributed by atoms with Gasteiger partial charge in [-0.25, -0.2) is 0 Å². The molecule has 2 aromatic rings. The number of aromatic hydroxyl groups is 2. The molecule has 1 amide bonds. The van der Waals surface area contributed by atoms with E-state index in [0.29, 0.717) is 23.6 Å². The molecule has 20 heavy (non-hydrogen) atoms. The molecule has 2 rings (SSSR count). The summed E-state index contributed by atoms with van der Waals surface area (Å²) in [6.45, 7) is 0.391. The Hall–Kier alpha value is -2.27. The Labute approximate surface area is 120 Å². The normalized spacial score (nSPS) is 10.2. The lowest BCUT2D eigenvalue weighted by atomic mass is 10.1. The lowest BCUT2D eigenvalue weighted by molar-refractivity contribution is 0.0954. The molecule has 0 aliphatic heterocycles. The first-order valence-corrected chi connectivity index (χ1v) is 6.34. The van der Waals surface area contributed by atoms with Crippen LogP contribution in [0, 0.1) is 0 Å². The van der Waals surface area contributed by atoms with Gasteiger partial charge in [-0.2, -0.15) is 0 Å². The van der Waals surface area contributed by atoms with Crippen LogP contribution in [0.5, 0.6) is 11.5 Å². The van der Waals surface area contributed by atoms with E-state index in [1.807, 2.05) is 0 Å². The van der Waals surface area contributed by atoms with E-state index in [-0.39, 0.29) is 17.4 Å². The van der Waals surface area contributed by atoms with E-state index < -0.39 is 0 Å². The van der Waals surface area contributed by atoms with Crippen molar-refractivity contribution >= 4 is 17.5 Å². The van der Waals surface area contributed by atoms with Crippen molar-refractivity contribution in [1.82, 2.24) is 10.3 Å². The van der Waals surface area contributed by atoms with Crippen LogP contribution in [0.15, 0.2) is 36.7 Å². The number of nitrogens with one attached hydrogen (secondary N) is 1. The molecule has 0 spiro atoms. The van der Waals surface area contributed by atoms with Gasteiger partial charge in [0, 0.05) is 18.9 Å². The number of hydrogen-bond acceptors (Lipinski definition) is 4. The second kappa shape index (κ2) is 6.25. The summed E-state index contributed by atoms with van der Waals surface area (Å²) in [5.41, 5.74) is 1.18. The number of amides is 1. The zero-order chi connectivity index (χ0) is 14.5. The summed E-state index contributed by atoms with van der Waals surface area (Å²) in [7, 11) is 0. The Kier molecular flexibility index (Phi) is 4.42. The van der Waals surface area contributed by atoms with E-state index >= 15 is 0 Å². The average molecular weight is 293 g/mol. The lowest BCUT2D eigenvalue weighted by Gasteiger charge is -2.07. The predicted molar refractivity (Wildman–Crippen MR) is 75.1 cm³/mol. The van der Waals surface area contributed by atoms with E-state index in [9.17, 15) is 15.0 Å². The standard InChI is InChI=1S/C14H13ClN2O3/c15-11-8-16-5-4-10(11)14(20)17-6-3-9-1-2-12(18)13(19)7-9/h1-2,4-5,7-8,18-19H,3,6H2,(H,17,20). The highest BCUT2D eigenvalue weighted by Crippen LogP contribution is 2.24. The van der Waals surface area contributed by atoms with Crippen LogP contribution in [0.3, 0.4) is 0 Å². The van der Waals surface area contributed by atoms with E-state index in [1.165, 1.54) is 24.5 Å². The first-order chi connectivity index (χ1) is 9.58. The number of carbonyl (C=O) groups excluding carboxylic acids is 1. The van der Waals surface area contributed by atoms with E-state index in [1.54, 1.807) is 12.1 Å². The van der Waals surface area contributed by atoms with Crippen LogP contribution in [0.1, 0.15) is 15.9 Å². The van der Waals surface area contributed by atoms with E-state index in [2.05, 4.69) is 10.3 Å². The number of carbonyl (C=O) groups is 1. The Morgan fingerprint density at radius 3 is 2.75 bits per heavy atom. The molecule has 0 fully saturated rings. The zero-order valence-electron chi connectivity index (χ0n) is 10.5. The summed E-state index contributed by atoms with van der Waals surface area (Å²) in [6, 6.07) is 6.10. The molecule has 1 heterocycles. The zero-order valence-corrected chi connectivity index (χ0v) is 11.3. The molecule has 6 heteroatoms. The Morgan fingerprint density at radius 1 is 1.25 bits per heavy atom. The molecule has 0 atom stereocenters. The van der Waals surface area contributed by atoms with Gasteiger partial charge in [0.15, 0.2) is 11.5 Å². The third-order valence-electron chi connectivity index (χ3n) is 2.76. The maximum Gasteiger partial charge on any atom is 0.252 e. The molecule has 0 radical (unpaired) electrons. The van der Waals surface area contributed by atoms with Crippen molar-refractivity contribution in [2.24, 2.45) is 0 Å². The fourth-order valence-corrected chi connectivity index (χ4v) is 1.90. The molecule has 1 aromatic carbocycles. The first kappa shape index (κ1) is 14.1. The number of benzene rings is 1. The fraction of sp³-hybridized carbons (Fsp3) is 0.143. The summed E-state index contributed by atoms with van der Waals surface area (Å²) in [5.74, 6) is -0.618. The average Bonchev–Trinajstić information content (AvgIpc) is 2.43. The molecule has 0 aliphatic carbocycles. The summed E-state index contributed by atoms with van der Waals surface area (Å²) >= 11 is 5.87. The van der Waals surface area contributed by atoms with Gasteiger partial charge < -0.3 is 15.5 Å². The highest BCUT2D eigenvalue weighted by molar-refractivity contribution is 6.33. The predicted octanol–water partition coefficient (Wildman–Crippen LogP) is 2.12. The minimum absolute atomic E-state index is 0.165. The summed E-state index contributed by atoms with van der Waals surface area (Å²) < 4.78 is 0. The number of halogens is 1. The van der Waals surface area contributed by atoms with Crippen LogP contribution in [-0.4, -0.2) is 27.6 Å². The number of rotatable bonds is 4. The van der Waals surface area contributed by atoms with Crippen LogP contribution < -0.4 is 5.32 Å². The van der Waals surface area contributed by atoms with Crippen LogP contribution in [0.2, 0.25) is 5.02 Å². The maximum absolute atomic E-state index is 11.9. The van der Waals surface area contributed by atoms with Crippen molar-refractivity contribution in [1.29, 1.82) is 0 Å². The number of nitrogens with zero attached hydrogens (tertiary/aromatic N) is 1. The number of phenols is 2. The van der Waals surface area contributed by atoms with Gasteiger partial charge in [-0.15, -0.1) is 0 Å². The van der Waals surface area contributed by atoms with Gasteiger partial charge >= 0.3 is 0 Å². The molecule has 0 bridgehead atoms. The smallest absolute Gasteiger partial charge is 0.252 e. The lowest BCUT2D eigenvalue weighted by Crippen LogP contribution is -2.26. The SMILES string of the molecule is O=C(NCCc1ccc(O)c(O)c1)c1ccncc1Cl. The molecule has 0 unspecified atom stereocenters. The quantitative estimate of drug-likeness (QED) is 0.754. The van der Waals surface area contributed by atoms with Crippen LogP contribution >= 0.6 is 11.6 Å². The third-order valence-corrected chi connectivity index (χ3v) is 3.06. The van der Waals surface area contributed by atoms with Gasteiger partial charge in [0.2, 0.25) is 0 Å². The third kappa shape index (κ3) is 3.39. The Morgan fingerprint density at radius 2 is 2.05 bits per heavy atom. The Bertz CT molecular complexity index is 632. The van der Waals surface area contributed by atoms with Crippen molar-refractivity contribution < 1.29 is 15.0 Å². The number of pyridine rings is 1. The molecular formula is C14H13ClN2O3. The minimum Gasteiger partial charge on any atom is -0.504 e. The largest absolute Gasteiger partial charge is 0.504 e. The van der Waals surface area contributed by atoms with E-state index in [0.717, 1.165) is 5.56 Å². The monoisotopic (exact) mass is 292 g/mol. The minimum atomic E-state index is -0.277. The van der Waals surface area contributed by atoms with Gasteiger partial charge in [0.1, 0.15) is 0 Å². The second-order valence-electron chi connectivity index (χ2n) is 4.18. The summed E-state index contributed by atoms with van der Waals surface area (Å²) in [5, 5.41) is 21.6. The van der Waals surface area contributed by atoms with Crippen molar-refractivity contribution in [3.8, 4) is 11.5 Å². The molecule has 1 aromatic heterocycles. The van der Waals surface area contributed by atoms with Crippen molar-refractivity contribution in [3.63, 3.8) is 0 Å². The fourth-order valence-electron chi connectivity index (χ4n) is 1.70. The number of phenolic OH excluding ortho intramolecular Hbond substituents is 2. The van der Waals surface area contributed by atoms with Gasteiger partial charge in [-0.3, -0.25) is 9.78 Å². The van der Waals surface area contributed by atoms with Gasteiger partial charge in [0.25, 0.3) is 5.91 Å². The van der Waals surface area contributed by atoms with E-state index in [4.69, 9.17) is 11.6 Å². The topological polar surface area (TPSA) is 82.5 Å². The molecule has 0 saturated carbocycles. The van der Waals surface area contributed by atoms with Crippen LogP contribution in [-0.2, 0) is 6.42 Å².